The van der Waals surface area contributed by atoms with Gasteiger partial charge in [0.1, 0.15) is 5.75 Å². The molecule has 32 heavy (non-hydrogen) atoms. The third-order valence-corrected chi connectivity index (χ3v) is 5.03. The Morgan fingerprint density at radius 2 is 1.94 bits per heavy atom. The van der Waals surface area contributed by atoms with Gasteiger partial charge < -0.3 is 10.1 Å². The Kier molecular flexibility index (Phi) is 5.83. The molecule has 0 saturated heterocycles. The molecule has 0 aliphatic heterocycles. The summed E-state index contributed by atoms with van der Waals surface area (Å²) in [6.45, 7) is 1.84. The highest BCUT2D eigenvalue weighted by Gasteiger charge is 2.17. The molecule has 0 spiro atoms. The van der Waals surface area contributed by atoms with Crippen molar-refractivity contribution in [3.8, 4) is 35.0 Å². The van der Waals surface area contributed by atoms with Crippen molar-refractivity contribution in [1.29, 1.82) is 0 Å². The lowest BCUT2D eigenvalue weighted by Crippen LogP contribution is -2.14. The van der Waals surface area contributed by atoms with Crippen LogP contribution in [0.4, 0.5) is 5.69 Å². The van der Waals surface area contributed by atoms with E-state index in [0.717, 1.165) is 16.7 Å². The molecule has 8 nitrogen and oxygen atoms in total. The van der Waals surface area contributed by atoms with Crippen molar-refractivity contribution in [2.75, 3.05) is 12.4 Å². The van der Waals surface area contributed by atoms with E-state index < -0.39 is 0 Å². The number of carbonyl (C=O) groups excluding carboxylic acids is 1. The predicted molar refractivity (Wildman–Crippen MR) is 121 cm³/mol. The Hall–Kier alpha value is -4.22. The molecule has 0 fully saturated rings. The van der Waals surface area contributed by atoms with E-state index in [9.17, 15) is 4.79 Å². The maximum atomic E-state index is 13.0. The zero-order valence-electron chi connectivity index (χ0n) is 17.2. The topological polar surface area (TPSA) is 94.8 Å². The number of ether oxygens (including phenoxy) is 1. The second-order valence-electron chi connectivity index (χ2n) is 6.74. The van der Waals surface area contributed by atoms with E-state index in [1.807, 2.05) is 19.1 Å². The van der Waals surface area contributed by atoms with Gasteiger partial charge in [0.05, 0.1) is 42.6 Å². The quantitative estimate of drug-likeness (QED) is 0.469. The summed E-state index contributed by atoms with van der Waals surface area (Å²) in [6, 6.07) is 6.94. The van der Waals surface area contributed by atoms with Gasteiger partial charge in [-0.25, -0.2) is 4.98 Å². The lowest BCUT2D eigenvalue weighted by molar-refractivity contribution is 0.102. The van der Waals surface area contributed by atoms with Crippen LogP contribution in [-0.4, -0.2) is 38.0 Å². The average molecular weight is 445 g/mol. The average Bonchev–Trinajstić information content (AvgIpc) is 3.33. The molecular weight excluding hydrogens is 428 g/mol. The normalized spacial score (nSPS) is 10.4. The fraction of sp³-hybridized carbons (Fsp3) is 0.0870. The number of benzene rings is 1. The second-order valence-corrected chi connectivity index (χ2v) is 7.14. The molecule has 1 amide bonds. The number of nitrogens with zero attached hydrogens (tertiary/aromatic N) is 5. The SMILES string of the molecule is C#Cc1cc(C(=O)Nc2cnc(-n3nccn3)c(Cl)c2)c(C)cc1-c1ccncc1OC. The number of anilines is 1. The second kappa shape index (κ2) is 8.88. The van der Waals surface area contributed by atoms with Crippen molar-refractivity contribution < 1.29 is 9.53 Å². The predicted octanol–water partition coefficient (Wildman–Crippen LogP) is 3.93. The van der Waals surface area contributed by atoms with Gasteiger partial charge >= 0.3 is 0 Å². The molecule has 0 aliphatic carbocycles. The number of hydrogen-bond donors (Lipinski definition) is 1. The van der Waals surface area contributed by atoms with Crippen LogP contribution < -0.4 is 10.1 Å². The number of pyridine rings is 2. The minimum absolute atomic E-state index is 0.292. The van der Waals surface area contributed by atoms with E-state index in [1.165, 1.54) is 23.4 Å². The minimum Gasteiger partial charge on any atom is -0.494 e. The van der Waals surface area contributed by atoms with Crippen molar-refractivity contribution >= 4 is 23.2 Å². The van der Waals surface area contributed by atoms with Crippen LogP contribution in [0, 0.1) is 19.3 Å². The third kappa shape index (κ3) is 4.02. The summed E-state index contributed by atoms with van der Waals surface area (Å²) in [5.41, 5.74) is 3.74. The molecule has 1 aromatic carbocycles. The first-order chi connectivity index (χ1) is 15.5. The molecule has 0 bridgehead atoms. The summed E-state index contributed by atoms with van der Waals surface area (Å²) < 4.78 is 5.40. The monoisotopic (exact) mass is 444 g/mol. The molecule has 4 aromatic rings. The number of halogens is 1. The molecule has 1 N–H and O–H groups in total. The third-order valence-electron chi connectivity index (χ3n) is 4.75. The van der Waals surface area contributed by atoms with Gasteiger partial charge in [0, 0.05) is 28.5 Å². The number of amides is 1. The van der Waals surface area contributed by atoms with Gasteiger partial charge in [-0.15, -0.1) is 11.2 Å². The van der Waals surface area contributed by atoms with E-state index >= 15 is 0 Å². The first-order valence-electron chi connectivity index (χ1n) is 9.45. The van der Waals surface area contributed by atoms with E-state index in [2.05, 4.69) is 31.4 Å². The molecule has 0 saturated carbocycles. The van der Waals surface area contributed by atoms with Gasteiger partial charge in [0.2, 0.25) is 0 Å². The lowest BCUT2D eigenvalue weighted by atomic mass is 9.94. The number of methoxy groups -OCH3 is 1. The minimum atomic E-state index is -0.338. The van der Waals surface area contributed by atoms with Crippen LogP contribution >= 0.6 is 11.6 Å². The zero-order chi connectivity index (χ0) is 22.7. The van der Waals surface area contributed by atoms with Crippen LogP contribution in [0.1, 0.15) is 21.5 Å². The number of nitrogens with one attached hydrogen (secondary N) is 1. The first-order valence-corrected chi connectivity index (χ1v) is 9.83. The van der Waals surface area contributed by atoms with Gasteiger partial charge in [0.25, 0.3) is 5.91 Å². The van der Waals surface area contributed by atoms with E-state index in [4.69, 9.17) is 22.8 Å². The van der Waals surface area contributed by atoms with Gasteiger partial charge in [-0.3, -0.25) is 9.78 Å². The molecule has 158 valence electrons. The zero-order valence-corrected chi connectivity index (χ0v) is 18.0. The van der Waals surface area contributed by atoms with Gasteiger partial charge in [-0.05, 0) is 36.8 Å². The Labute approximate surface area is 189 Å². The molecule has 3 heterocycles. The number of aryl methyl sites for hydroxylation is 1. The van der Waals surface area contributed by atoms with Gasteiger partial charge in [-0.1, -0.05) is 17.5 Å². The Morgan fingerprint density at radius 3 is 2.62 bits per heavy atom. The standard InChI is InChI=1S/C23H17ClN6O2/c1-4-15-10-18(14(2)9-19(15)17-5-6-25-13-21(17)32-3)23(31)29-16-11-20(24)22(26-12-16)30-27-7-8-28-30/h1,5-13H,2-3H3,(H,29,31). The van der Waals surface area contributed by atoms with E-state index in [1.54, 1.807) is 31.6 Å². The highest BCUT2D eigenvalue weighted by molar-refractivity contribution is 6.32. The molecule has 0 aliphatic rings. The summed E-state index contributed by atoms with van der Waals surface area (Å²) in [6.07, 6.45) is 13.5. The van der Waals surface area contributed by atoms with Gasteiger partial charge in [-0.2, -0.15) is 10.2 Å². The van der Waals surface area contributed by atoms with Crippen molar-refractivity contribution in [3.05, 3.63) is 77.0 Å². The number of aromatic nitrogens is 5. The molecule has 0 radical (unpaired) electrons. The summed E-state index contributed by atoms with van der Waals surface area (Å²) in [4.78, 5) is 22.6. The summed E-state index contributed by atoms with van der Waals surface area (Å²) in [7, 11) is 1.57. The van der Waals surface area contributed by atoms with Crippen LogP contribution in [0.25, 0.3) is 16.9 Å². The molecule has 9 heteroatoms. The smallest absolute Gasteiger partial charge is 0.256 e. The number of terminal acetylenes is 1. The highest BCUT2D eigenvalue weighted by Crippen LogP contribution is 2.33. The van der Waals surface area contributed by atoms with E-state index in [0.29, 0.717) is 33.4 Å². The van der Waals surface area contributed by atoms with Gasteiger partial charge in [0.15, 0.2) is 5.82 Å². The Balaban J connectivity index is 1.65. The number of hydrogen-bond acceptors (Lipinski definition) is 6. The van der Waals surface area contributed by atoms with Crippen molar-refractivity contribution in [2.45, 2.75) is 6.92 Å². The van der Waals surface area contributed by atoms with Crippen LogP contribution in [0.5, 0.6) is 5.75 Å². The summed E-state index contributed by atoms with van der Waals surface area (Å²) >= 11 is 6.29. The Bertz CT molecular complexity index is 1350. The molecule has 4 rings (SSSR count). The molecule has 0 unspecified atom stereocenters. The first kappa shape index (κ1) is 21.0. The van der Waals surface area contributed by atoms with Crippen LogP contribution in [0.3, 0.4) is 0 Å². The highest BCUT2D eigenvalue weighted by atomic mass is 35.5. The fourth-order valence-corrected chi connectivity index (χ4v) is 3.47. The number of rotatable bonds is 5. The summed E-state index contributed by atoms with van der Waals surface area (Å²) in [5, 5.41) is 11.1. The maximum Gasteiger partial charge on any atom is 0.256 e. The Morgan fingerprint density at radius 1 is 1.16 bits per heavy atom. The molecule has 3 aromatic heterocycles. The molecule has 0 atom stereocenters. The van der Waals surface area contributed by atoms with Crippen molar-refractivity contribution in [1.82, 2.24) is 25.0 Å². The maximum absolute atomic E-state index is 13.0. The van der Waals surface area contributed by atoms with Crippen LogP contribution in [0.2, 0.25) is 5.02 Å². The van der Waals surface area contributed by atoms with Crippen molar-refractivity contribution in [2.24, 2.45) is 0 Å². The summed E-state index contributed by atoms with van der Waals surface area (Å²) in [5.74, 6) is 3.27. The van der Waals surface area contributed by atoms with E-state index in [-0.39, 0.29) is 5.91 Å². The number of carbonyl (C=O) groups is 1. The van der Waals surface area contributed by atoms with Crippen molar-refractivity contribution in [3.63, 3.8) is 0 Å². The van der Waals surface area contributed by atoms with Crippen LogP contribution in [-0.2, 0) is 0 Å². The lowest BCUT2D eigenvalue weighted by Gasteiger charge is -2.14. The molecular formula is C23H17ClN6O2. The fourth-order valence-electron chi connectivity index (χ4n) is 3.23. The largest absolute Gasteiger partial charge is 0.494 e. The van der Waals surface area contributed by atoms with Crippen LogP contribution in [0.15, 0.2) is 55.2 Å².